The van der Waals surface area contributed by atoms with E-state index in [-0.39, 0.29) is 13.1 Å². The summed E-state index contributed by atoms with van der Waals surface area (Å²) in [5.74, 6) is -1.58. The number of piperazine rings is 1. The van der Waals surface area contributed by atoms with E-state index in [4.69, 9.17) is 0 Å². The van der Waals surface area contributed by atoms with Crippen molar-refractivity contribution in [3.8, 4) is 0 Å². The number of carbonyl (C=O) groups excluding carboxylic acids is 1. The molecule has 1 aromatic carbocycles. The van der Waals surface area contributed by atoms with Crippen LogP contribution in [0.4, 0.5) is 10.1 Å². The number of halogens is 1. The number of hydrogen-bond acceptors (Lipinski definition) is 5. The number of nitrogens with one attached hydrogen (secondary N) is 1. The third kappa shape index (κ3) is 2.72. The van der Waals surface area contributed by atoms with E-state index in [2.05, 4.69) is 5.32 Å². The number of sulfonamides is 1. The van der Waals surface area contributed by atoms with E-state index in [1.807, 2.05) is 0 Å². The van der Waals surface area contributed by atoms with Crippen molar-refractivity contribution in [3.63, 3.8) is 0 Å². The van der Waals surface area contributed by atoms with Gasteiger partial charge < -0.3 is 5.32 Å². The van der Waals surface area contributed by atoms with Gasteiger partial charge in [-0.2, -0.15) is 8.70 Å². The Labute approximate surface area is 119 Å². The van der Waals surface area contributed by atoms with Crippen molar-refractivity contribution < 1.29 is 22.5 Å². The van der Waals surface area contributed by atoms with Crippen LogP contribution in [0.15, 0.2) is 23.1 Å². The van der Waals surface area contributed by atoms with E-state index < -0.39 is 43.3 Å². The minimum atomic E-state index is -4.12. The second-order valence-electron chi connectivity index (χ2n) is 4.45. The molecule has 0 aliphatic carbocycles. The summed E-state index contributed by atoms with van der Waals surface area (Å²) in [5.41, 5.74) is -0.926. The molecule has 1 amide bonds. The van der Waals surface area contributed by atoms with Crippen molar-refractivity contribution >= 4 is 21.6 Å². The van der Waals surface area contributed by atoms with Gasteiger partial charge in [0.25, 0.3) is 0 Å². The van der Waals surface area contributed by atoms with Crippen molar-refractivity contribution in [2.45, 2.75) is 17.9 Å². The number of amides is 1. The molecule has 0 saturated carbocycles. The summed E-state index contributed by atoms with van der Waals surface area (Å²) in [5, 5.41) is 13.2. The molecule has 1 atom stereocenters. The van der Waals surface area contributed by atoms with Crippen LogP contribution >= 0.6 is 0 Å². The number of hydrogen-bond donors (Lipinski definition) is 1. The zero-order valence-electron chi connectivity index (χ0n) is 10.9. The van der Waals surface area contributed by atoms with Gasteiger partial charge in [-0.3, -0.25) is 14.9 Å². The molecular formula is C11H12FN3O5S. The fourth-order valence-corrected chi connectivity index (χ4v) is 3.63. The maximum atomic E-state index is 13.3. The highest BCUT2D eigenvalue weighted by atomic mass is 32.2. The minimum absolute atomic E-state index is 0.0421. The van der Waals surface area contributed by atoms with Crippen LogP contribution in [0.5, 0.6) is 0 Å². The van der Waals surface area contributed by atoms with Gasteiger partial charge in [0, 0.05) is 19.2 Å². The van der Waals surface area contributed by atoms with Crippen molar-refractivity contribution in [2.24, 2.45) is 0 Å². The summed E-state index contributed by atoms with van der Waals surface area (Å²) in [6.45, 7) is 1.59. The van der Waals surface area contributed by atoms with Crippen molar-refractivity contribution in [2.75, 3.05) is 13.1 Å². The van der Waals surface area contributed by atoms with Crippen LogP contribution in [0.3, 0.4) is 0 Å². The molecule has 1 saturated heterocycles. The van der Waals surface area contributed by atoms with Crippen LogP contribution in [0, 0.1) is 15.9 Å². The lowest BCUT2D eigenvalue weighted by atomic mass is 10.2. The first kappa shape index (κ1) is 15.3. The summed E-state index contributed by atoms with van der Waals surface area (Å²) < 4.78 is 39.1. The smallest absolute Gasteiger partial charge is 0.306 e. The highest BCUT2D eigenvalue weighted by Gasteiger charge is 2.36. The summed E-state index contributed by atoms with van der Waals surface area (Å²) in [6.07, 6.45) is 0. The third-order valence-corrected chi connectivity index (χ3v) is 5.13. The normalized spacial score (nSPS) is 20.1. The van der Waals surface area contributed by atoms with E-state index in [9.17, 15) is 27.7 Å². The predicted molar refractivity (Wildman–Crippen MR) is 69.4 cm³/mol. The van der Waals surface area contributed by atoms with Crippen molar-refractivity contribution in [1.29, 1.82) is 0 Å². The number of carbonyl (C=O) groups is 1. The Morgan fingerprint density at radius 3 is 2.76 bits per heavy atom. The first-order valence-electron chi connectivity index (χ1n) is 5.98. The zero-order chi connectivity index (χ0) is 15.8. The molecule has 0 spiro atoms. The molecule has 0 radical (unpaired) electrons. The number of benzene rings is 1. The van der Waals surface area contributed by atoms with E-state index >= 15 is 0 Å². The summed E-state index contributed by atoms with van der Waals surface area (Å²) >= 11 is 0. The summed E-state index contributed by atoms with van der Waals surface area (Å²) in [6, 6.07) is 1.38. The van der Waals surface area contributed by atoms with Gasteiger partial charge in [0.1, 0.15) is 6.04 Å². The lowest BCUT2D eigenvalue weighted by molar-refractivity contribution is -0.387. The van der Waals surface area contributed by atoms with Crippen LogP contribution in [-0.4, -0.2) is 42.7 Å². The molecule has 114 valence electrons. The molecule has 10 heteroatoms. The Morgan fingerprint density at radius 2 is 2.14 bits per heavy atom. The molecule has 1 aromatic rings. The molecule has 21 heavy (non-hydrogen) atoms. The molecule has 2 rings (SSSR count). The molecule has 1 aliphatic heterocycles. The number of nitro benzene ring substituents is 1. The number of nitrogens with zero attached hydrogens (tertiary/aromatic N) is 2. The fraction of sp³-hybridized carbons (Fsp3) is 0.364. The average Bonchev–Trinajstić information content (AvgIpc) is 2.41. The Balaban J connectivity index is 2.47. The topological polar surface area (TPSA) is 110 Å². The van der Waals surface area contributed by atoms with Gasteiger partial charge >= 0.3 is 5.69 Å². The molecule has 0 bridgehead atoms. The molecule has 0 aromatic heterocycles. The van der Waals surface area contributed by atoms with E-state index in [1.165, 1.54) is 6.92 Å². The highest BCUT2D eigenvalue weighted by molar-refractivity contribution is 7.89. The summed E-state index contributed by atoms with van der Waals surface area (Å²) in [7, 11) is -4.12. The highest BCUT2D eigenvalue weighted by Crippen LogP contribution is 2.25. The quantitative estimate of drug-likeness (QED) is 0.634. The van der Waals surface area contributed by atoms with Gasteiger partial charge in [0.2, 0.25) is 21.7 Å². The van der Waals surface area contributed by atoms with Crippen LogP contribution in [0.1, 0.15) is 6.92 Å². The predicted octanol–water partition coefficient (Wildman–Crippen LogP) is 0.243. The minimum Gasteiger partial charge on any atom is -0.353 e. The average molecular weight is 317 g/mol. The lowest BCUT2D eigenvalue weighted by Gasteiger charge is -2.31. The lowest BCUT2D eigenvalue weighted by Crippen LogP contribution is -2.55. The van der Waals surface area contributed by atoms with Crippen molar-refractivity contribution in [3.05, 3.63) is 34.1 Å². The number of rotatable bonds is 3. The van der Waals surface area contributed by atoms with Gasteiger partial charge in [0.15, 0.2) is 0 Å². The fourth-order valence-electron chi connectivity index (χ4n) is 2.02. The van der Waals surface area contributed by atoms with Gasteiger partial charge in [-0.1, -0.05) is 0 Å². The van der Waals surface area contributed by atoms with Crippen LogP contribution < -0.4 is 5.32 Å². The maximum absolute atomic E-state index is 13.3. The Kier molecular flexibility index (Phi) is 3.92. The Morgan fingerprint density at radius 1 is 1.48 bits per heavy atom. The van der Waals surface area contributed by atoms with E-state index in [0.29, 0.717) is 6.07 Å². The molecule has 1 aliphatic rings. The van der Waals surface area contributed by atoms with Crippen LogP contribution in [0.2, 0.25) is 0 Å². The first-order valence-corrected chi connectivity index (χ1v) is 7.42. The molecule has 8 nitrogen and oxygen atoms in total. The van der Waals surface area contributed by atoms with E-state index in [0.717, 1.165) is 16.4 Å². The molecule has 1 heterocycles. The molecule has 1 fully saturated rings. The summed E-state index contributed by atoms with van der Waals surface area (Å²) in [4.78, 5) is 20.8. The molecule has 1 N–H and O–H groups in total. The largest absolute Gasteiger partial charge is 0.353 e. The van der Waals surface area contributed by atoms with Crippen LogP contribution in [0.25, 0.3) is 0 Å². The number of nitro groups is 1. The monoisotopic (exact) mass is 317 g/mol. The standard InChI is InChI=1S/C11H12FN3O5S/c1-7-11(16)13-4-5-14(7)21(19,20)8-2-3-9(12)10(6-8)15(17)18/h2-3,6-7H,4-5H2,1H3,(H,13,16). The Bertz CT molecular complexity index is 706. The van der Waals surface area contributed by atoms with Gasteiger partial charge in [-0.15, -0.1) is 0 Å². The SMILES string of the molecule is CC1C(=O)NCCN1S(=O)(=O)c1ccc(F)c([N+](=O)[O-])c1. The van der Waals surface area contributed by atoms with Gasteiger partial charge in [0.05, 0.1) is 9.82 Å². The zero-order valence-corrected chi connectivity index (χ0v) is 11.8. The molecule has 1 unspecified atom stereocenters. The maximum Gasteiger partial charge on any atom is 0.306 e. The second-order valence-corrected chi connectivity index (χ2v) is 6.34. The molecular weight excluding hydrogens is 305 g/mol. The third-order valence-electron chi connectivity index (χ3n) is 3.16. The second kappa shape index (κ2) is 5.37. The van der Waals surface area contributed by atoms with E-state index in [1.54, 1.807) is 0 Å². The van der Waals surface area contributed by atoms with Gasteiger partial charge in [-0.05, 0) is 19.1 Å². The van der Waals surface area contributed by atoms with Crippen LogP contribution in [-0.2, 0) is 14.8 Å². The first-order chi connectivity index (χ1) is 9.75. The Hall–Kier alpha value is -2.07. The van der Waals surface area contributed by atoms with Gasteiger partial charge in [-0.25, -0.2) is 8.42 Å². The van der Waals surface area contributed by atoms with Crippen molar-refractivity contribution in [1.82, 2.24) is 9.62 Å².